The quantitative estimate of drug-likeness (QED) is 0.830. The molecule has 0 spiro atoms. The fourth-order valence-electron chi connectivity index (χ4n) is 4.01. The predicted molar refractivity (Wildman–Crippen MR) is 106 cm³/mol. The molecular formula is C21H23BrN2O2. The predicted octanol–water partition coefficient (Wildman–Crippen LogP) is 3.63. The molecule has 2 aromatic carbocycles. The van der Waals surface area contributed by atoms with Crippen LogP contribution in [0.1, 0.15) is 24.0 Å². The van der Waals surface area contributed by atoms with E-state index in [2.05, 4.69) is 45.5 Å². The standard InChI is InChI=1S/C21H23BrN2O2/c22-18-6-3-5-17(14-18)21(9-12-26-13-10-21)23-15-20(25)24-11-8-16-4-1-2-7-19(16)24/h1-7,14,23H,8-13,15H2. The molecule has 0 bridgehead atoms. The molecule has 2 aliphatic rings. The van der Waals surface area contributed by atoms with Crippen LogP contribution < -0.4 is 10.2 Å². The summed E-state index contributed by atoms with van der Waals surface area (Å²) in [5.41, 5.74) is 3.32. The summed E-state index contributed by atoms with van der Waals surface area (Å²) in [6.45, 7) is 2.52. The van der Waals surface area contributed by atoms with Crippen LogP contribution in [0, 0.1) is 0 Å². The van der Waals surface area contributed by atoms with Crippen LogP contribution >= 0.6 is 15.9 Å². The lowest BCUT2D eigenvalue weighted by Gasteiger charge is -2.39. The number of carbonyl (C=O) groups excluding carboxylic acids is 1. The van der Waals surface area contributed by atoms with Gasteiger partial charge < -0.3 is 9.64 Å². The molecule has 0 atom stereocenters. The number of nitrogens with one attached hydrogen (secondary N) is 1. The zero-order valence-electron chi connectivity index (χ0n) is 14.7. The van der Waals surface area contributed by atoms with E-state index >= 15 is 0 Å². The summed E-state index contributed by atoms with van der Waals surface area (Å²) in [4.78, 5) is 14.8. The number of nitrogens with zero attached hydrogens (tertiary/aromatic N) is 1. The van der Waals surface area contributed by atoms with Crippen LogP contribution in [-0.2, 0) is 21.5 Å². The summed E-state index contributed by atoms with van der Waals surface area (Å²) < 4.78 is 6.64. The van der Waals surface area contributed by atoms with E-state index in [9.17, 15) is 4.79 Å². The van der Waals surface area contributed by atoms with Gasteiger partial charge in [-0.1, -0.05) is 46.3 Å². The molecule has 136 valence electrons. The van der Waals surface area contributed by atoms with Crippen molar-refractivity contribution in [3.8, 4) is 0 Å². The van der Waals surface area contributed by atoms with Crippen LogP contribution in [0.15, 0.2) is 53.0 Å². The maximum atomic E-state index is 12.9. The summed E-state index contributed by atoms with van der Waals surface area (Å²) in [6, 6.07) is 16.6. The van der Waals surface area contributed by atoms with E-state index in [1.54, 1.807) is 0 Å². The average molecular weight is 415 g/mol. The first kappa shape index (κ1) is 17.7. The highest BCUT2D eigenvalue weighted by Crippen LogP contribution is 2.34. The Morgan fingerprint density at radius 3 is 2.77 bits per heavy atom. The lowest BCUT2D eigenvalue weighted by Crippen LogP contribution is -2.50. The number of anilines is 1. The maximum absolute atomic E-state index is 12.9. The van der Waals surface area contributed by atoms with Crippen LogP contribution in [0.2, 0.25) is 0 Å². The van der Waals surface area contributed by atoms with E-state index in [0.717, 1.165) is 36.0 Å². The van der Waals surface area contributed by atoms with Crippen LogP contribution in [0.5, 0.6) is 0 Å². The molecule has 26 heavy (non-hydrogen) atoms. The topological polar surface area (TPSA) is 41.6 Å². The van der Waals surface area contributed by atoms with Crippen molar-refractivity contribution in [2.75, 3.05) is 31.2 Å². The molecule has 0 aliphatic carbocycles. The zero-order valence-corrected chi connectivity index (χ0v) is 16.3. The Morgan fingerprint density at radius 2 is 1.96 bits per heavy atom. The molecule has 5 heteroatoms. The fraction of sp³-hybridized carbons (Fsp3) is 0.381. The normalized spacial score (nSPS) is 18.6. The van der Waals surface area contributed by atoms with E-state index in [-0.39, 0.29) is 11.4 Å². The van der Waals surface area contributed by atoms with Crippen LogP contribution in [0.3, 0.4) is 0 Å². The van der Waals surface area contributed by atoms with Crippen LogP contribution in [-0.4, -0.2) is 32.2 Å². The number of amides is 1. The van der Waals surface area contributed by atoms with Crippen LogP contribution in [0.4, 0.5) is 5.69 Å². The summed E-state index contributed by atoms with van der Waals surface area (Å²) >= 11 is 3.57. The Bertz CT molecular complexity index is 802. The molecule has 0 unspecified atom stereocenters. The summed E-state index contributed by atoms with van der Waals surface area (Å²) in [5, 5.41) is 3.59. The van der Waals surface area contributed by atoms with Gasteiger partial charge in [0.1, 0.15) is 0 Å². The highest BCUT2D eigenvalue weighted by atomic mass is 79.9. The Balaban J connectivity index is 1.51. The number of para-hydroxylation sites is 1. The third-order valence-corrected chi connectivity index (χ3v) is 5.98. The molecular weight excluding hydrogens is 392 g/mol. The van der Waals surface area contributed by atoms with Gasteiger partial charge in [0.05, 0.1) is 6.54 Å². The van der Waals surface area contributed by atoms with Gasteiger partial charge in [0.2, 0.25) is 5.91 Å². The van der Waals surface area contributed by atoms with E-state index in [1.165, 1.54) is 11.1 Å². The van der Waals surface area contributed by atoms with Gasteiger partial charge in [-0.15, -0.1) is 0 Å². The van der Waals surface area contributed by atoms with Gasteiger partial charge in [0.15, 0.2) is 0 Å². The van der Waals surface area contributed by atoms with E-state index in [1.807, 2.05) is 29.2 Å². The highest BCUT2D eigenvalue weighted by Gasteiger charge is 2.35. The number of hydrogen-bond acceptors (Lipinski definition) is 3. The van der Waals surface area contributed by atoms with Gasteiger partial charge in [0, 0.05) is 35.5 Å². The molecule has 2 heterocycles. The van der Waals surface area contributed by atoms with Crippen molar-refractivity contribution in [1.29, 1.82) is 0 Å². The smallest absolute Gasteiger partial charge is 0.240 e. The van der Waals surface area contributed by atoms with Crippen molar-refractivity contribution >= 4 is 27.5 Å². The van der Waals surface area contributed by atoms with Gasteiger partial charge >= 0.3 is 0 Å². The van der Waals surface area contributed by atoms with Gasteiger partial charge in [-0.3, -0.25) is 10.1 Å². The Labute approximate surface area is 162 Å². The van der Waals surface area contributed by atoms with Crippen LogP contribution in [0.25, 0.3) is 0 Å². The van der Waals surface area contributed by atoms with Crippen molar-refractivity contribution < 1.29 is 9.53 Å². The average Bonchev–Trinajstić information content (AvgIpc) is 3.11. The Kier molecular flexibility index (Phi) is 5.11. The number of benzene rings is 2. The molecule has 1 N–H and O–H groups in total. The summed E-state index contributed by atoms with van der Waals surface area (Å²) in [7, 11) is 0. The first-order valence-electron chi connectivity index (χ1n) is 9.15. The second-order valence-electron chi connectivity index (χ2n) is 6.98. The van der Waals surface area contributed by atoms with E-state index in [0.29, 0.717) is 19.8 Å². The largest absolute Gasteiger partial charge is 0.381 e. The number of fused-ring (bicyclic) bond motifs is 1. The molecule has 1 amide bonds. The van der Waals surface area contributed by atoms with Gasteiger partial charge in [-0.05, 0) is 48.6 Å². The fourth-order valence-corrected chi connectivity index (χ4v) is 4.41. The minimum Gasteiger partial charge on any atom is -0.381 e. The first-order valence-corrected chi connectivity index (χ1v) is 9.94. The minimum atomic E-state index is -0.211. The molecule has 0 radical (unpaired) electrons. The third kappa shape index (κ3) is 3.43. The van der Waals surface area contributed by atoms with E-state index in [4.69, 9.17) is 4.74 Å². The number of carbonyl (C=O) groups is 1. The Hall–Kier alpha value is -1.69. The van der Waals surface area contributed by atoms with Crippen molar-refractivity contribution in [2.45, 2.75) is 24.8 Å². The highest BCUT2D eigenvalue weighted by molar-refractivity contribution is 9.10. The molecule has 4 nitrogen and oxygen atoms in total. The maximum Gasteiger partial charge on any atom is 0.240 e. The SMILES string of the molecule is O=C(CNC1(c2cccc(Br)c2)CCOCC1)N1CCc2ccccc21. The molecule has 2 aromatic rings. The van der Waals surface area contributed by atoms with Crippen molar-refractivity contribution in [3.63, 3.8) is 0 Å². The van der Waals surface area contributed by atoms with E-state index < -0.39 is 0 Å². The second kappa shape index (κ2) is 7.51. The molecule has 2 aliphatic heterocycles. The number of halogens is 1. The third-order valence-electron chi connectivity index (χ3n) is 5.49. The second-order valence-corrected chi connectivity index (χ2v) is 7.90. The molecule has 1 fully saturated rings. The number of hydrogen-bond donors (Lipinski definition) is 1. The lowest BCUT2D eigenvalue weighted by atomic mass is 9.82. The molecule has 0 saturated carbocycles. The summed E-state index contributed by atoms with van der Waals surface area (Å²) in [5.74, 6) is 0.135. The lowest BCUT2D eigenvalue weighted by molar-refractivity contribution is -0.118. The Morgan fingerprint density at radius 1 is 1.15 bits per heavy atom. The van der Waals surface area contributed by atoms with Crippen molar-refractivity contribution in [2.24, 2.45) is 0 Å². The minimum absolute atomic E-state index is 0.135. The molecule has 4 rings (SSSR count). The number of rotatable bonds is 4. The summed E-state index contributed by atoms with van der Waals surface area (Å²) in [6.07, 6.45) is 2.67. The van der Waals surface area contributed by atoms with Crippen molar-refractivity contribution in [3.05, 3.63) is 64.1 Å². The van der Waals surface area contributed by atoms with Gasteiger partial charge in [-0.2, -0.15) is 0 Å². The zero-order chi connectivity index (χ0) is 18.0. The van der Waals surface area contributed by atoms with Gasteiger partial charge in [-0.25, -0.2) is 0 Å². The molecule has 1 saturated heterocycles. The monoisotopic (exact) mass is 414 g/mol. The first-order chi connectivity index (χ1) is 12.7. The molecule has 0 aromatic heterocycles. The number of ether oxygens (including phenoxy) is 1. The van der Waals surface area contributed by atoms with Gasteiger partial charge in [0.25, 0.3) is 0 Å². The van der Waals surface area contributed by atoms with Crippen molar-refractivity contribution in [1.82, 2.24) is 5.32 Å².